The van der Waals surface area contributed by atoms with Crippen molar-refractivity contribution in [1.29, 1.82) is 0 Å². The molecule has 6 nitrogen and oxygen atoms in total. The Balaban J connectivity index is 1.83. The second-order valence-electron chi connectivity index (χ2n) is 7.78. The van der Waals surface area contributed by atoms with Gasteiger partial charge in [-0.2, -0.15) is 0 Å². The van der Waals surface area contributed by atoms with Gasteiger partial charge < -0.3 is 15.0 Å². The zero-order chi connectivity index (χ0) is 21.0. The third kappa shape index (κ3) is 5.28. The van der Waals surface area contributed by atoms with E-state index < -0.39 is 5.60 Å². The number of hydrogen-bond donors (Lipinski definition) is 1. The third-order valence-corrected chi connectivity index (χ3v) is 4.82. The molecule has 0 radical (unpaired) electrons. The lowest BCUT2D eigenvalue weighted by atomic mass is 10.1. The zero-order valence-corrected chi connectivity index (χ0v) is 18.0. The van der Waals surface area contributed by atoms with E-state index in [1.807, 2.05) is 72.2 Å². The summed E-state index contributed by atoms with van der Waals surface area (Å²) in [6.45, 7) is 5.38. The molecule has 0 spiro atoms. The molecule has 0 unspecified atom stereocenters. The first-order valence-electron chi connectivity index (χ1n) is 9.58. The van der Waals surface area contributed by atoms with Gasteiger partial charge >= 0.3 is 0 Å². The summed E-state index contributed by atoms with van der Waals surface area (Å²) in [6.07, 6.45) is 0. The normalized spacial score (nSPS) is 11.8. The van der Waals surface area contributed by atoms with Crippen LogP contribution in [0.2, 0.25) is 5.02 Å². The fraction of sp³-hybridized carbons (Fsp3) is 0.364. The van der Waals surface area contributed by atoms with Crippen molar-refractivity contribution in [3.63, 3.8) is 0 Å². The van der Waals surface area contributed by atoms with Gasteiger partial charge in [-0.3, -0.25) is 9.48 Å². The van der Waals surface area contributed by atoms with Gasteiger partial charge in [0.2, 0.25) is 5.88 Å². The van der Waals surface area contributed by atoms with Crippen LogP contribution in [0.1, 0.15) is 19.4 Å². The first-order chi connectivity index (χ1) is 13.8. The fourth-order valence-electron chi connectivity index (χ4n) is 3.00. The van der Waals surface area contributed by atoms with Gasteiger partial charge in [0.25, 0.3) is 5.91 Å². The Bertz CT molecular complexity index is 997. The summed E-state index contributed by atoms with van der Waals surface area (Å²) < 4.78 is 7.96. The number of aromatic nitrogens is 2. The van der Waals surface area contributed by atoms with Crippen LogP contribution in [0.15, 0.2) is 48.5 Å². The number of para-hydroxylation sites is 1. The van der Waals surface area contributed by atoms with Crippen molar-refractivity contribution in [2.24, 2.45) is 0 Å². The molecule has 154 valence electrons. The summed E-state index contributed by atoms with van der Waals surface area (Å²) in [4.78, 5) is 14.6. The molecule has 3 aromatic rings. The van der Waals surface area contributed by atoms with Crippen molar-refractivity contribution in [3.8, 4) is 5.88 Å². The molecule has 0 aliphatic carbocycles. The van der Waals surface area contributed by atoms with E-state index in [1.54, 1.807) is 13.8 Å². The minimum absolute atomic E-state index is 0.173. The molecule has 0 atom stereocenters. The molecule has 0 bridgehead atoms. The van der Waals surface area contributed by atoms with Crippen LogP contribution < -0.4 is 10.1 Å². The smallest absolute Gasteiger partial charge is 0.263 e. The van der Waals surface area contributed by atoms with E-state index in [4.69, 9.17) is 16.3 Å². The van der Waals surface area contributed by atoms with Gasteiger partial charge in [0, 0.05) is 18.1 Å². The SMILES string of the molecule is CN(C)CCNC(=O)C(C)(C)Oc1nn(Cc2cccc(Cl)c2)c2ccccc12. The Morgan fingerprint density at radius 3 is 2.69 bits per heavy atom. The van der Waals surface area contributed by atoms with Crippen LogP contribution >= 0.6 is 11.6 Å². The molecular weight excluding hydrogens is 388 g/mol. The minimum Gasteiger partial charge on any atom is -0.460 e. The number of fused-ring (bicyclic) bond motifs is 1. The predicted octanol–water partition coefficient (Wildman–Crippen LogP) is 3.57. The largest absolute Gasteiger partial charge is 0.460 e. The van der Waals surface area contributed by atoms with Crippen LogP contribution in [0.3, 0.4) is 0 Å². The van der Waals surface area contributed by atoms with Crippen molar-refractivity contribution in [2.75, 3.05) is 27.2 Å². The summed E-state index contributed by atoms with van der Waals surface area (Å²) in [6, 6.07) is 15.5. The summed E-state index contributed by atoms with van der Waals surface area (Å²) >= 11 is 6.12. The van der Waals surface area contributed by atoms with Crippen molar-refractivity contribution in [1.82, 2.24) is 20.0 Å². The van der Waals surface area contributed by atoms with E-state index in [1.165, 1.54) is 0 Å². The number of ether oxygens (including phenoxy) is 1. The standard InChI is InChI=1S/C22H27ClN4O2/c1-22(2,21(28)24-12-13-26(3)4)29-20-18-10-5-6-11-19(18)27(25-20)15-16-8-7-9-17(23)14-16/h5-11,14H,12-13,15H2,1-4H3,(H,24,28). The number of carbonyl (C=O) groups excluding carboxylic acids is 1. The number of rotatable bonds is 8. The quantitative estimate of drug-likeness (QED) is 0.612. The Labute approximate surface area is 176 Å². The monoisotopic (exact) mass is 414 g/mol. The van der Waals surface area contributed by atoms with Crippen LogP contribution in [0.25, 0.3) is 10.9 Å². The lowest BCUT2D eigenvalue weighted by Crippen LogP contribution is -2.48. The van der Waals surface area contributed by atoms with E-state index in [0.717, 1.165) is 23.0 Å². The Morgan fingerprint density at radius 2 is 1.97 bits per heavy atom. The maximum absolute atomic E-state index is 12.6. The predicted molar refractivity (Wildman–Crippen MR) is 117 cm³/mol. The molecular formula is C22H27ClN4O2. The number of nitrogens with one attached hydrogen (secondary N) is 1. The Kier molecular flexibility index (Phi) is 6.45. The van der Waals surface area contributed by atoms with Crippen molar-refractivity contribution < 1.29 is 9.53 Å². The fourth-order valence-corrected chi connectivity index (χ4v) is 3.21. The average molecular weight is 415 g/mol. The topological polar surface area (TPSA) is 59.4 Å². The zero-order valence-electron chi connectivity index (χ0n) is 17.3. The molecule has 7 heteroatoms. The molecule has 3 rings (SSSR count). The molecule has 1 heterocycles. The summed E-state index contributed by atoms with van der Waals surface area (Å²) in [7, 11) is 3.93. The van der Waals surface area contributed by atoms with Gasteiger partial charge in [0.15, 0.2) is 5.60 Å². The Hall–Kier alpha value is -2.57. The van der Waals surface area contributed by atoms with Crippen molar-refractivity contribution in [3.05, 3.63) is 59.1 Å². The lowest BCUT2D eigenvalue weighted by Gasteiger charge is -2.24. The van der Waals surface area contributed by atoms with E-state index in [2.05, 4.69) is 10.4 Å². The highest BCUT2D eigenvalue weighted by molar-refractivity contribution is 6.30. The first-order valence-corrected chi connectivity index (χ1v) is 9.96. The van der Waals surface area contributed by atoms with Gasteiger partial charge in [-0.05, 0) is 57.8 Å². The molecule has 1 amide bonds. The number of hydrogen-bond acceptors (Lipinski definition) is 4. The van der Waals surface area contributed by atoms with Crippen LogP contribution in [-0.4, -0.2) is 53.4 Å². The number of benzene rings is 2. The number of halogens is 1. The van der Waals surface area contributed by atoms with Crippen LogP contribution in [0.5, 0.6) is 5.88 Å². The molecule has 0 saturated heterocycles. The maximum Gasteiger partial charge on any atom is 0.263 e. The van der Waals surface area contributed by atoms with E-state index in [0.29, 0.717) is 24.0 Å². The van der Waals surface area contributed by atoms with Gasteiger partial charge in [-0.1, -0.05) is 35.9 Å². The molecule has 0 saturated carbocycles. The molecule has 0 aliphatic heterocycles. The second kappa shape index (κ2) is 8.84. The number of nitrogens with zero attached hydrogens (tertiary/aromatic N) is 3. The van der Waals surface area contributed by atoms with Gasteiger partial charge in [0.1, 0.15) is 0 Å². The minimum atomic E-state index is -1.05. The average Bonchev–Trinajstić information content (AvgIpc) is 2.98. The highest BCUT2D eigenvalue weighted by Gasteiger charge is 2.31. The molecule has 29 heavy (non-hydrogen) atoms. The summed E-state index contributed by atoms with van der Waals surface area (Å²) in [5.74, 6) is 0.267. The van der Waals surface area contributed by atoms with E-state index >= 15 is 0 Å². The number of amides is 1. The van der Waals surface area contributed by atoms with E-state index in [-0.39, 0.29) is 5.91 Å². The van der Waals surface area contributed by atoms with Crippen LogP contribution in [0, 0.1) is 0 Å². The van der Waals surface area contributed by atoms with Gasteiger partial charge in [0.05, 0.1) is 17.4 Å². The maximum atomic E-state index is 12.6. The molecule has 2 aromatic carbocycles. The molecule has 1 N–H and O–H groups in total. The lowest BCUT2D eigenvalue weighted by molar-refractivity contribution is -0.134. The number of likely N-dealkylation sites (N-methyl/N-ethyl adjacent to an activating group) is 1. The third-order valence-electron chi connectivity index (χ3n) is 4.59. The second-order valence-corrected chi connectivity index (χ2v) is 8.22. The van der Waals surface area contributed by atoms with Gasteiger partial charge in [-0.15, -0.1) is 5.10 Å². The van der Waals surface area contributed by atoms with E-state index in [9.17, 15) is 4.79 Å². The molecule has 0 aliphatic rings. The summed E-state index contributed by atoms with van der Waals surface area (Å²) in [5.41, 5.74) is 0.925. The van der Waals surface area contributed by atoms with Gasteiger partial charge in [-0.25, -0.2) is 0 Å². The highest BCUT2D eigenvalue weighted by atomic mass is 35.5. The number of carbonyl (C=O) groups is 1. The molecule has 1 aromatic heterocycles. The summed E-state index contributed by atoms with van der Waals surface area (Å²) in [5, 5.41) is 9.12. The van der Waals surface area contributed by atoms with Crippen LogP contribution in [0.4, 0.5) is 0 Å². The molecule has 0 fully saturated rings. The highest BCUT2D eigenvalue weighted by Crippen LogP contribution is 2.28. The van der Waals surface area contributed by atoms with Crippen LogP contribution in [-0.2, 0) is 11.3 Å². The first kappa shape index (κ1) is 21.1. The van der Waals surface area contributed by atoms with Crippen molar-refractivity contribution >= 4 is 28.4 Å². The Morgan fingerprint density at radius 1 is 1.21 bits per heavy atom. The van der Waals surface area contributed by atoms with Crippen molar-refractivity contribution in [2.45, 2.75) is 26.0 Å².